The summed E-state index contributed by atoms with van der Waals surface area (Å²) in [7, 11) is 0. The first-order valence-corrected chi connectivity index (χ1v) is 9.75. The topological polar surface area (TPSA) is 112 Å². The number of amides is 1. The first kappa shape index (κ1) is 18.3. The first-order chi connectivity index (χ1) is 14.6. The van der Waals surface area contributed by atoms with Crippen LogP contribution in [0.2, 0.25) is 0 Å². The Morgan fingerprint density at radius 1 is 1.23 bits per heavy atom. The molecule has 0 saturated carbocycles. The van der Waals surface area contributed by atoms with Crippen LogP contribution in [0.25, 0.3) is 11.3 Å². The highest BCUT2D eigenvalue weighted by atomic mass is 16.6. The van der Waals surface area contributed by atoms with E-state index in [0.29, 0.717) is 23.7 Å². The number of carbonyl (C=O) groups excluding carboxylic acids is 1. The van der Waals surface area contributed by atoms with Gasteiger partial charge in [-0.3, -0.25) is 14.5 Å². The third-order valence-electron chi connectivity index (χ3n) is 5.33. The molecule has 5 rings (SSSR count). The number of aromatic nitrogens is 5. The maximum Gasteiger partial charge on any atom is 0.287 e. The standard InChI is InChI=1S/C21H20N6O3/c1-12-18-17(29-20(12)21(28)23-9-16-13(2)25-30-26-16)7-6-14-10-27(24-19(14)18)11-15-5-3-4-8-22-15/h3-5,8,10H,6-7,9,11H2,1-2H3,(H,23,28). The molecule has 4 heterocycles. The Morgan fingerprint density at radius 2 is 2.13 bits per heavy atom. The average molecular weight is 404 g/mol. The Hall–Kier alpha value is -3.75. The summed E-state index contributed by atoms with van der Waals surface area (Å²) in [6.07, 6.45) is 5.39. The summed E-state index contributed by atoms with van der Waals surface area (Å²) < 4.78 is 12.5. The molecule has 0 unspecified atom stereocenters. The van der Waals surface area contributed by atoms with Crippen molar-refractivity contribution in [2.45, 2.75) is 39.8 Å². The molecule has 4 aromatic rings. The van der Waals surface area contributed by atoms with E-state index in [9.17, 15) is 4.79 Å². The summed E-state index contributed by atoms with van der Waals surface area (Å²) >= 11 is 0. The fourth-order valence-electron chi connectivity index (χ4n) is 3.77. The smallest absolute Gasteiger partial charge is 0.287 e. The lowest BCUT2D eigenvalue weighted by Crippen LogP contribution is -2.23. The van der Waals surface area contributed by atoms with Crippen molar-refractivity contribution in [3.63, 3.8) is 0 Å². The summed E-state index contributed by atoms with van der Waals surface area (Å²) in [4.78, 5) is 17.1. The van der Waals surface area contributed by atoms with Gasteiger partial charge in [-0.15, -0.1) is 0 Å². The van der Waals surface area contributed by atoms with E-state index in [1.165, 1.54) is 0 Å². The molecule has 1 amide bonds. The Bertz CT molecular complexity index is 1220. The summed E-state index contributed by atoms with van der Waals surface area (Å²) in [5.74, 6) is 0.813. The number of carbonyl (C=O) groups is 1. The lowest BCUT2D eigenvalue weighted by molar-refractivity contribution is 0.0919. The van der Waals surface area contributed by atoms with Crippen LogP contribution in [0.3, 0.4) is 0 Å². The largest absolute Gasteiger partial charge is 0.455 e. The zero-order valence-corrected chi connectivity index (χ0v) is 16.7. The van der Waals surface area contributed by atoms with Gasteiger partial charge in [-0.25, -0.2) is 4.63 Å². The fourth-order valence-corrected chi connectivity index (χ4v) is 3.77. The molecule has 4 aromatic heterocycles. The first-order valence-electron chi connectivity index (χ1n) is 9.75. The molecular weight excluding hydrogens is 384 g/mol. The van der Waals surface area contributed by atoms with Crippen molar-refractivity contribution >= 4 is 5.91 Å². The van der Waals surface area contributed by atoms with Gasteiger partial charge in [0, 0.05) is 29.9 Å². The molecule has 0 fully saturated rings. The summed E-state index contributed by atoms with van der Waals surface area (Å²) in [6.45, 7) is 4.49. The second-order valence-corrected chi connectivity index (χ2v) is 7.35. The van der Waals surface area contributed by atoms with Gasteiger partial charge in [-0.05, 0) is 38.0 Å². The summed E-state index contributed by atoms with van der Waals surface area (Å²) in [5.41, 5.74) is 5.92. The van der Waals surface area contributed by atoms with Crippen molar-refractivity contribution < 1.29 is 13.8 Å². The van der Waals surface area contributed by atoms with Gasteiger partial charge in [-0.1, -0.05) is 16.4 Å². The van der Waals surface area contributed by atoms with Crippen molar-refractivity contribution in [1.29, 1.82) is 0 Å². The minimum atomic E-state index is -0.293. The summed E-state index contributed by atoms with van der Waals surface area (Å²) in [5, 5.41) is 15.1. The van der Waals surface area contributed by atoms with Gasteiger partial charge in [0.05, 0.1) is 24.5 Å². The van der Waals surface area contributed by atoms with Crippen LogP contribution in [0.4, 0.5) is 0 Å². The molecule has 0 aliphatic heterocycles. The maximum atomic E-state index is 12.7. The predicted octanol–water partition coefficient (Wildman–Crippen LogP) is 2.61. The van der Waals surface area contributed by atoms with Crippen LogP contribution in [0.1, 0.15) is 44.5 Å². The highest BCUT2D eigenvalue weighted by Crippen LogP contribution is 2.38. The molecule has 1 N–H and O–H groups in total. The van der Waals surface area contributed by atoms with Crippen LogP contribution in [0.15, 0.2) is 39.6 Å². The van der Waals surface area contributed by atoms with Crippen molar-refractivity contribution in [3.8, 4) is 11.3 Å². The molecule has 0 radical (unpaired) electrons. The molecule has 9 heteroatoms. The second kappa shape index (κ2) is 7.25. The van der Waals surface area contributed by atoms with Crippen LogP contribution in [0.5, 0.6) is 0 Å². The second-order valence-electron chi connectivity index (χ2n) is 7.35. The quantitative estimate of drug-likeness (QED) is 0.544. The van der Waals surface area contributed by atoms with Gasteiger partial charge in [0.1, 0.15) is 17.1 Å². The van der Waals surface area contributed by atoms with E-state index in [-0.39, 0.29) is 12.5 Å². The van der Waals surface area contributed by atoms with Crippen molar-refractivity contribution in [1.82, 2.24) is 30.4 Å². The van der Waals surface area contributed by atoms with Crippen molar-refractivity contribution in [2.75, 3.05) is 0 Å². The molecule has 0 aromatic carbocycles. The molecule has 0 bridgehead atoms. The Balaban J connectivity index is 1.40. The number of nitrogens with one attached hydrogen (secondary N) is 1. The zero-order valence-electron chi connectivity index (χ0n) is 16.7. The highest BCUT2D eigenvalue weighted by molar-refractivity contribution is 5.95. The van der Waals surface area contributed by atoms with E-state index in [4.69, 9.17) is 9.52 Å². The molecule has 152 valence electrons. The van der Waals surface area contributed by atoms with Gasteiger partial charge >= 0.3 is 0 Å². The van der Waals surface area contributed by atoms with Gasteiger partial charge in [0.15, 0.2) is 5.76 Å². The predicted molar refractivity (Wildman–Crippen MR) is 106 cm³/mol. The number of fused-ring (bicyclic) bond motifs is 3. The maximum absolute atomic E-state index is 12.7. The van der Waals surface area contributed by atoms with E-state index in [0.717, 1.165) is 46.7 Å². The Morgan fingerprint density at radius 3 is 2.90 bits per heavy atom. The number of hydrogen-bond acceptors (Lipinski definition) is 7. The van der Waals surface area contributed by atoms with Crippen LogP contribution in [0, 0.1) is 13.8 Å². The zero-order chi connectivity index (χ0) is 20.7. The van der Waals surface area contributed by atoms with Crippen molar-refractivity contribution in [2.24, 2.45) is 0 Å². The van der Waals surface area contributed by atoms with Crippen LogP contribution >= 0.6 is 0 Å². The minimum Gasteiger partial charge on any atom is -0.455 e. The number of hydrogen-bond donors (Lipinski definition) is 1. The minimum absolute atomic E-state index is 0.225. The average Bonchev–Trinajstić information content (AvgIpc) is 3.43. The lowest BCUT2D eigenvalue weighted by atomic mass is 9.93. The van der Waals surface area contributed by atoms with Crippen molar-refractivity contribution in [3.05, 3.63) is 70.3 Å². The molecule has 0 atom stereocenters. The molecule has 9 nitrogen and oxygen atoms in total. The number of furan rings is 1. The Labute approximate surface area is 172 Å². The van der Waals surface area contributed by atoms with Gasteiger partial charge < -0.3 is 9.73 Å². The molecular formula is C21H20N6O3. The SMILES string of the molecule is Cc1nonc1CNC(=O)c1oc2c(c1C)-c1nn(Cc3ccccn3)cc1CC2. The van der Waals surface area contributed by atoms with Crippen LogP contribution < -0.4 is 5.32 Å². The third kappa shape index (κ3) is 3.18. The van der Waals surface area contributed by atoms with E-state index in [2.05, 4.69) is 31.4 Å². The Kier molecular flexibility index (Phi) is 4.42. The van der Waals surface area contributed by atoms with E-state index >= 15 is 0 Å². The number of pyridine rings is 1. The fraction of sp³-hybridized carbons (Fsp3) is 0.286. The van der Waals surface area contributed by atoms with Crippen LogP contribution in [-0.2, 0) is 25.9 Å². The molecule has 1 aliphatic rings. The van der Waals surface area contributed by atoms with E-state index in [1.54, 1.807) is 13.1 Å². The number of aryl methyl sites for hydroxylation is 3. The highest BCUT2D eigenvalue weighted by Gasteiger charge is 2.29. The summed E-state index contributed by atoms with van der Waals surface area (Å²) in [6, 6.07) is 5.83. The molecule has 30 heavy (non-hydrogen) atoms. The van der Waals surface area contributed by atoms with Gasteiger partial charge in [0.25, 0.3) is 5.91 Å². The number of rotatable bonds is 5. The molecule has 0 spiro atoms. The monoisotopic (exact) mass is 404 g/mol. The molecule has 0 saturated heterocycles. The normalized spacial score (nSPS) is 12.5. The van der Waals surface area contributed by atoms with E-state index < -0.39 is 0 Å². The van der Waals surface area contributed by atoms with Crippen LogP contribution in [-0.4, -0.2) is 31.0 Å². The third-order valence-corrected chi connectivity index (χ3v) is 5.33. The van der Waals surface area contributed by atoms with Gasteiger partial charge in [-0.2, -0.15) is 5.10 Å². The lowest BCUT2D eigenvalue weighted by Gasteiger charge is -2.09. The van der Waals surface area contributed by atoms with E-state index in [1.807, 2.05) is 29.8 Å². The number of nitrogens with zero attached hydrogens (tertiary/aromatic N) is 5. The van der Waals surface area contributed by atoms with Gasteiger partial charge in [0.2, 0.25) is 0 Å². The molecule has 1 aliphatic carbocycles.